The number of amidine groups is 1. The molecular formula is C11H20N2S. The Bertz CT molecular complexity index is 247. The SMILES string of the molecule is CC(C)(C)NC1=NC2(CCCC2)CS1. The maximum Gasteiger partial charge on any atom is 0.157 e. The Morgan fingerprint density at radius 1 is 1.29 bits per heavy atom. The van der Waals surface area contributed by atoms with Crippen molar-refractivity contribution in [3.05, 3.63) is 0 Å². The van der Waals surface area contributed by atoms with Crippen LogP contribution in [-0.2, 0) is 0 Å². The fourth-order valence-corrected chi connectivity index (χ4v) is 3.55. The van der Waals surface area contributed by atoms with E-state index in [4.69, 9.17) is 4.99 Å². The summed E-state index contributed by atoms with van der Waals surface area (Å²) in [6, 6.07) is 0. The van der Waals surface area contributed by atoms with Gasteiger partial charge in [0, 0.05) is 11.3 Å². The summed E-state index contributed by atoms with van der Waals surface area (Å²) < 4.78 is 0. The van der Waals surface area contributed by atoms with Crippen LogP contribution in [0.4, 0.5) is 0 Å². The summed E-state index contributed by atoms with van der Waals surface area (Å²) in [5.41, 5.74) is 0.466. The van der Waals surface area contributed by atoms with Crippen LogP contribution in [0, 0.1) is 0 Å². The van der Waals surface area contributed by atoms with Gasteiger partial charge in [0.15, 0.2) is 5.17 Å². The number of hydrogen-bond donors (Lipinski definition) is 1. The van der Waals surface area contributed by atoms with Gasteiger partial charge in [0.25, 0.3) is 0 Å². The average Bonchev–Trinajstić information content (AvgIpc) is 2.60. The van der Waals surface area contributed by atoms with E-state index in [2.05, 4.69) is 26.1 Å². The normalized spacial score (nSPS) is 25.5. The van der Waals surface area contributed by atoms with Crippen molar-refractivity contribution in [3.8, 4) is 0 Å². The minimum absolute atomic E-state index is 0.149. The Labute approximate surface area is 90.9 Å². The van der Waals surface area contributed by atoms with E-state index in [1.165, 1.54) is 36.6 Å². The van der Waals surface area contributed by atoms with Gasteiger partial charge in [-0.05, 0) is 33.6 Å². The van der Waals surface area contributed by atoms with Gasteiger partial charge in [0.1, 0.15) is 0 Å². The van der Waals surface area contributed by atoms with Crippen molar-refractivity contribution in [1.29, 1.82) is 0 Å². The smallest absolute Gasteiger partial charge is 0.157 e. The summed E-state index contributed by atoms with van der Waals surface area (Å²) in [7, 11) is 0. The van der Waals surface area contributed by atoms with Gasteiger partial charge in [-0.2, -0.15) is 0 Å². The highest BCUT2D eigenvalue weighted by Gasteiger charge is 2.38. The van der Waals surface area contributed by atoms with Crippen LogP contribution < -0.4 is 5.32 Å². The molecule has 1 aliphatic carbocycles. The first-order valence-corrected chi connectivity index (χ1v) is 6.49. The molecule has 0 aromatic heterocycles. The zero-order valence-electron chi connectivity index (χ0n) is 9.39. The molecule has 3 heteroatoms. The summed E-state index contributed by atoms with van der Waals surface area (Å²) in [6.07, 6.45) is 5.34. The fraction of sp³-hybridized carbons (Fsp3) is 0.909. The van der Waals surface area contributed by atoms with E-state index < -0.39 is 0 Å². The van der Waals surface area contributed by atoms with E-state index in [1.54, 1.807) is 0 Å². The van der Waals surface area contributed by atoms with Crippen LogP contribution in [0.5, 0.6) is 0 Å². The Balaban J connectivity index is 2.02. The maximum atomic E-state index is 4.87. The molecular weight excluding hydrogens is 192 g/mol. The van der Waals surface area contributed by atoms with Crippen LogP contribution in [0.15, 0.2) is 4.99 Å². The highest BCUT2D eigenvalue weighted by Crippen LogP contribution is 2.40. The van der Waals surface area contributed by atoms with Crippen molar-refractivity contribution in [2.24, 2.45) is 4.99 Å². The molecule has 1 fully saturated rings. The molecule has 0 bridgehead atoms. The van der Waals surface area contributed by atoms with Crippen molar-refractivity contribution in [2.75, 3.05) is 5.75 Å². The molecule has 0 radical (unpaired) electrons. The summed E-state index contributed by atoms with van der Waals surface area (Å²) in [6.45, 7) is 6.57. The Morgan fingerprint density at radius 3 is 2.50 bits per heavy atom. The molecule has 1 saturated carbocycles. The molecule has 1 spiro atoms. The molecule has 14 heavy (non-hydrogen) atoms. The van der Waals surface area contributed by atoms with Crippen molar-refractivity contribution < 1.29 is 0 Å². The highest BCUT2D eigenvalue weighted by atomic mass is 32.2. The van der Waals surface area contributed by atoms with E-state index in [-0.39, 0.29) is 5.54 Å². The van der Waals surface area contributed by atoms with Crippen LogP contribution in [0.3, 0.4) is 0 Å². The van der Waals surface area contributed by atoms with Gasteiger partial charge in [-0.15, -0.1) is 0 Å². The molecule has 0 saturated heterocycles. The lowest BCUT2D eigenvalue weighted by Gasteiger charge is -2.21. The lowest BCUT2D eigenvalue weighted by molar-refractivity contribution is 0.490. The first-order chi connectivity index (χ1) is 6.49. The zero-order chi connectivity index (χ0) is 10.2. The van der Waals surface area contributed by atoms with Crippen LogP contribution >= 0.6 is 11.8 Å². The second kappa shape index (κ2) is 3.44. The molecule has 0 unspecified atom stereocenters. The Kier molecular flexibility index (Phi) is 2.54. The van der Waals surface area contributed by atoms with Gasteiger partial charge in [-0.25, -0.2) is 0 Å². The largest absolute Gasteiger partial charge is 0.360 e. The minimum atomic E-state index is 0.149. The first kappa shape index (κ1) is 10.3. The third-order valence-corrected chi connectivity index (χ3v) is 3.98. The van der Waals surface area contributed by atoms with Crippen LogP contribution in [-0.4, -0.2) is 22.0 Å². The molecule has 1 aliphatic heterocycles. The first-order valence-electron chi connectivity index (χ1n) is 5.50. The van der Waals surface area contributed by atoms with E-state index in [1.807, 2.05) is 11.8 Å². The molecule has 2 nitrogen and oxygen atoms in total. The van der Waals surface area contributed by atoms with E-state index >= 15 is 0 Å². The monoisotopic (exact) mass is 212 g/mol. The van der Waals surface area contributed by atoms with E-state index in [9.17, 15) is 0 Å². The van der Waals surface area contributed by atoms with Gasteiger partial charge < -0.3 is 5.32 Å². The number of thioether (sulfide) groups is 1. The van der Waals surface area contributed by atoms with Crippen molar-refractivity contribution in [3.63, 3.8) is 0 Å². The second-order valence-corrected chi connectivity index (χ2v) is 6.48. The van der Waals surface area contributed by atoms with Gasteiger partial charge in [0.05, 0.1) is 5.54 Å². The quantitative estimate of drug-likeness (QED) is 0.667. The third-order valence-electron chi connectivity index (χ3n) is 2.83. The lowest BCUT2D eigenvalue weighted by Crippen LogP contribution is -2.38. The fourth-order valence-electron chi connectivity index (χ4n) is 2.16. The average molecular weight is 212 g/mol. The second-order valence-electron chi connectivity index (χ2n) is 5.51. The van der Waals surface area contributed by atoms with Gasteiger partial charge >= 0.3 is 0 Å². The summed E-state index contributed by atoms with van der Waals surface area (Å²) >= 11 is 1.90. The standard InChI is InChI=1S/C11H20N2S/c1-10(2,3)12-9-13-11(8-14-9)6-4-5-7-11/h4-8H2,1-3H3,(H,12,13). The molecule has 2 aliphatic rings. The lowest BCUT2D eigenvalue weighted by atomic mass is 10.0. The van der Waals surface area contributed by atoms with Gasteiger partial charge in [-0.3, -0.25) is 4.99 Å². The van der Waals surface area contributed by atoms with Crippen molar-refractivity contribution in [1.82, 2.24) is 5.32 Å². The topological polar surface area (TPSA) is 24.4 Å². The number of nitrogens with zero attached hydrogens (tertiary/aromatic N) is 1. The number of rotatable bonds is 0. The molecule has 0 atom stereocenters. The van der Waals surface area contributed by atoms with Crippen LogP contribution in [0.25, 0.3) is 0 Å². The summed E-state index contributed by atoms with van der Waals surface area (Å²) in [5, 5.41) is 4.65. The number of nitrogens with one attached hydrogen (secondary N) is 1. The molecule has 0 aromatic rings. The molecule has 1 N–H and O–H groups in total. The number of hydrogen-bond acceptors (Lipinski definition) is 3. The highest BCUT2D eigenvalue weighted by molar-refractivity contribution is 8.14. The predicted molar refractivity (Wildman–Crippen MR) is 64.0 cm³/mol. The molecule has 0 aromatic carbocycles. The minimum Gasteiger partial charge on any atom is -0.360 e. The summed E-state index contributed by atoms with van der Waals surface area (Å²) in [5.74, 6) is 1.20. The van der Waals surface area contributed by atoms with E-state index in [0.29, 0.717) is 5.54 Å². The van der Waals surface area contributed by atoms with E-state index in [0.717, 1.165) is 0 Å². The zero-order valence-corrected chi connectivity index (χ0v) is 10.2. The third kappa shape index (κ3) is 2.25. The van der Waals surface area contributed by atoms with Gasteiger partial charge in [-0.1, -0.05) is 24.6 Å². The van der Waals surface area contributed by atoms with Crippen molar-refractivity contribution in [2.45, 2.75) is 57.5 Å². The predicted octanol–water partition coefficient (Wildman–Crippen LogP) is 2.79. The Morgan fingerprint density at radius 2 is 1.93 bits per heavy atom. The Hall–Kier alpha value is -0.180. The molecule has 80 valence electrons. The maximum absolute atomic E-state index is 4.87. The van der Waals surface area contributed by atoms with Crippen LogP contribution in [0.2, 0.25) is 0 Å². The molecule has 0 amide bonds. The van der Waals surface area contributed by atoms with Gasteiger partial charge in [0.2, 0.25) is 0 Å². The van der Waals surface area contributed by atoms with Crippen molar-refractivity contribution >= 4 is 16.9 Å². The number of aliphatic imine (C=N–C) groups is 1. The van der Waals surface area contributed by atoms with Crippen LogP contribution in [0.1, 0.15) is 46.5 Å². The summed E-state index contributed by atoms with van der Waals surface area (Å²) in [4.78, 5) is 4.87. The molecule has 2 rings (SSSR count). The molecule has 1 heterocycles.